The van der Waals surface area contributed by atoms with Gasteiger partial charge < -0.3 is 20.0 Å². The first-order valence-corrected chi connectivity index (χ1v) is 6.29. The Balaban J connectivity index is 1.54. The van der Waals surface area contributed by atoms with Crippen LogP contribution in [0.2, 0.25) is 0 Å². The highest BCUT2D eigenvalue weighted by Crippen LogP contribution is 2.19. The average Bonchev–Trinajstić information content (AvgIpc) is 3.02. The van der Waals surface area contributed by atoms with E-state index in [0.717, 1.165) is 13.0 Å². The largest absolute Gasteiger partial charge is 0.407 e. The van der Waals surface area contributed by atoms with Gasteiger partial charge in [0.2, 0.25) is 11.8 Å². The maximum atomic E-state index is 11.7. The second-order valence-electron chi connectivity index (χ2n) is 4.90. The van der Waals surface area contributed by atoms with Crippen molar-refractivity contribution in [2.75, 3.05) is 18.9 Å². The van der Waals surface area contributed by atoms with Crippen molar-refractivity contribution in [3.63, 3.8) is 0 Å². The van der Waals surface area contributed by atoms with Crippen molar-refractivity contribution in [1.29, 1.82) is 0 Å². The zero-order chi connectivity index (χ0) is 12.5. The Labute approximate surface area is 105 Å². The molecule has 1 unspecified atom stereocenters. The quantitative estimate of drug-likeness (QED) is 0.764. The SMILES string of the molecule is CN1CCC(Nc2nnc(CNC3CC3)o2)C1=O. The molecule has 3 rings (SSSR count). The summed E-state index contributed by atoms with van der Waals surface area (Å²) in [7, 11) is 1.79. The lowest BCUT2D eigenvalue weighted by atomic mass is 10.2. The number of carbonyl (C=O) groups excluding carboxylic acids is 1. The second-order valence-corrected chi connectivity index (χ2v) is 4.90. The molecule has 0 bridgehead atoms. The van der Waals surface area contributed by atoms with E-state index in [4.69, 9.17) is 4.42 Å². The average molecular weight is 251 g/mol. The van der Waals surface area contributed by atoms with Gasteiger partial charge >= 0.3 is 6.01 Å². The highest BCUT2D eigenvalue weighted by atomic mass is 16.4. The van der Waals surface area contributed by atoms with Gasteiger partial charge in [-0.05, 0) is 19.3 Å². The van der Waals surface area contributed by atoms with E-state index >= 15 is 0 Å². The Bertz CT molecular complexity index is 442. The lowest BCUT2D eigenvalue weighted by molar-refractivity contribution is -0.127. The summed E-state index contributed by atoms with van der Waals surface area (Å²) in [6.07, 6.45) is 3.22. The molecule has 18 heavy (non-hydrogen) atoms. The molecule has 2 N–H and O–H groups in total. The van der Waals surface area contributed by atoms with Crippen molar-refractivity contribution in [3.8, 4) is 0 Å². The Morgan fingerprint density at radius 3 is 2.89 bits per heavy atom. The van der Waals surface area contributed by atoms with Gasteiger partial charge in [0, 0.05) is 19.6 Å². The Hall–Kier alpha value is -1.63. The van der Waals surface area contributed by atoms with Crippen LogP contribution < -0.4 is 10.6 Å². The number of carbonyl (C=O) groups is 1. The number of anilines is 1. The predicted octanol–water partition coefficient (Wildman–Crippen LogP) is -0.0358. The standard InChI is InChI=1S/C11H17N5O2/c1-16-5-4-8(10(16)17)13-11-15-14-9(18-11)6-12-7-2-3-7/h7-8,12H,2-6H2,1H3,(H,13,15). The van der Waals surface area contributed by atoms with Crippen LogP contribution in [0.3, 0.4) is 0 Å². The van der Waals surface area contributed by atoms with Crippen LogP contribution >= 0.6 is 0 Å². The highest BCUT2D eigenvalue weighted by molar-refractivity contribution is 5.85. The topological polar surface area (TPSA) is 83.3 Å². The number of likely N-dealkylation sites (tertiary alicyclic amines) is 1. The third-order valence-electron chi connectivity index (χ3n) is 3.31. The molecule has 7 nitrogen and oxygen atoms in total. The van der Waals surface area contributed by atoms with E-state index in [1.165, 1.54) is 12.8 Å². The lowest BCUT2D eigenvalue weighted by Gasteiger charge is -2.09. The second kappa shape index (κ2) is 4.56. The first kappa shape index (κ1) is 11.5. The molecule has 98 valence electrons. The normalized spacial score (nSPS) is 23.7. The van der Waals surface area contributed by atoms with Crippen LogP contribution in [-0.4, -0.2) is 46.7 Å². The van der Waals surface area contributed by atoms with Gasteiger partial charge in [-0.1, -0.05) is 5.10 Å². The van der Waals surface area contributed by atoms with E-state index in [1.54, 1.807) is 11.9 Å². The van der Waals surface area contributed by atoms with Gasteiger partial charge in [0.05, 0.1) is 6.54 Å². The first-order chi connectivity index (χ1) is 8.72. The molecule has 1 saturated heterocycles. The molecule has 1 aliphatic heterocycles. The van der Waals surface area contributed by atoms with Crippen LogP contribution in [0.5, 0.6) is 0 Å². The summed E-state index contributed by atoms with van der Waals surface area (Å²) in [4.78, 5) is 13.4. The van der Waals surface area contributed by atoms with Crippen LogP contribution in [0.25, 0.3) is 0 Å². The van der Waals surface area contributed by atoms with Crippen LogP contribution in [-0.2, 0) is 11.3 Å². The summed E-state index contributed by atoms with van der Waals surface area (Å²) in [5.41, 5.74) is 0. The summed E-state index contributed by atoms with van der Waals surface area (Å²) < 4.78 is 5.44. The molecule has 2 aliphatic rings. The number of hydrogen-bond acceptors (Lipinski definition) is 6. The van der Waals surface area contributed by atoms with Gasteiger partial charge in [-0.2, -0.15) is 0 Å². The third kappa shape index (κ3) is 2.45. The minimum Gasteiger partial charge on any atom is -0.407 e. The minimum atomic E-state index is -0.236. The number of likely N-dealkylation sites (N-methyl/N-ethyl adjacent to an activating group) is 1. The predicted molar refractivity (Wildman–Crippen MR) is 63.8 cm³/mol. The fraction of sp³-hybridized carbons (Fsp3) is 0.727. The molecule has 0 spiro atoms. The fourth-order valence-electron chi connectivity index (χ4n) is 2.01. The van der Waals surface area contributed by atoms with Crippen LogP contribution in [0.4, 0.5) is 6.01 Å². The van der Waals surface area contributed by atoms with Crippen molar-refractivity contribution in [2.45, 2.75) is 37.9 Å². The Morgan fingerprint density at radius 1 is 1.39 bits per heavy atom. The molecule has 1 amide bonds. The van der Waals surface area contributed by atoms with Gasteiger partial charge in [-0.15, -0.1) is 5.10 Å². The van der Waals surface area contributed by atoms with E-state index in [1.807, 2.05) is 0 Å². The maximum Gasteiger partial charge on any atom is 0.316 e. The number of nitrogens with zero attached hydrogens (tertiary/aromatic N) is 3. The van der Waals surface area contributed by atoms with E-state index in [0.29, 0.717) is 24.5 Å². The summed E-state index contributed by atoms with van der Waals surface area (Å²) >= 11 is 0. The van der Waals surface area contributed by atoms with E-state index < -0.39 is 0 Å². The van der Waals surface area contributed by atoms with Crippen molar-refractivity contribution < 1.29 is 9.21 Å². The van der Waals surface area contributed by atoms with Crippen molar-refractivity contribution in [1.82, 2.24) is 20.4 Å². The van der Waals surface area contributed by atoms with Crippen molar-refractivity contribution >= 4 is 11.9 Å². The van der Waals surface area contributed by atoms with Crippen LogP contribution in [0, 0.1) is 0 Å². The summed E-state index contributed by atoms with van der Waals surface area (Å²) in [5, 5.41) is 14.1. The molecule has 2 fully saturated rings. The number of nitrogens with one attached hydrogen (secondary N) is 2. The molecule has 1 aromatic heterocycles. The number of hydrogen-bond donors (Lipinski definition) is 2. The van der Waals surface area contributed by atoms with Crippen molar-refractivity contribution in [2.24, 2.45) is 0 Å². The molecule has 1 saturated carbocycles. The Morgan fingerprint density at radius 2 is 2.22 bits per heavy atom. The van der Waals surface area contributed by atoms with Crippen LogP contribution in [0.1, 0.15) is 25.2 Å². The maximum absolute atomic E-state index is 11.7. The molecule has 1 atom stereocenters. The molecule has 2 heterocycles. The van der Waals surface area contributed by atoms with Gasteiger partial charge in [0.1, 0.15) is 6.04 Å². The molecule has 0 radical (unpaired) electrons. The zero-order valence-corrected chi connectivity index (χ0v) is 10.3. The van der Waals surface area contributed by atoms with Gasteiger partial charge in [-0.3, -0.25) is 4.79 Å². The summed E-state index contributed by atoms with van der Waals surface area (Å²) in [6, 6.07) is 0.703. The summed E-state index contributed by atoms with van der Waals surface area (Å²) in [5.74, 6) is 0.633. The first-order valence-electron chi connectivity index (χ1n) is 6.29. The number of rotatable bonds is 5. The molecule has 1 aliphatic carbocycles. The third-order valence-corrected chi connectivity index (χ3v) is 3.31. The molecular formula is C11H17N5O2. The fourth-order valence-corrected chi connectivity index (χ4v) is 2.01. The number of aromatic nitrogens is 2. The Kier molecular flexibility index (Phi) is 2.91. The van der Waals surface area contributed by atoms with Gasteiger partial charge in [0.15, 0.2) is 0 Å². The number of amides is 1. The lowest BCUT2D eigenvalue weighted by Crippen LogP contribution is -2.31. The van der Waals surface area contributed by atoms with Crippen molar-refractivity contribution in [3.05, 3.63) is 5.89 Å². The molecule has 1 aromatic rings. The molecule has 0 aromatic carbocycles. The van der Waals surface area contributed by atoms with E-state index in [-0.39, 0.29) is 11.9 Å². The van der Waals surface area contributed by atoms with Gasteiger partial charge in [0.25, 0.3) is 0 Å². The van der Waals surface area contributed by atoms with E-state index in [2.05, 4.69) is 20.8 Å². The highest BCUT2D eigenvalue weighted by Gasteiger charge is 2.30. The molecule has 7 heteroatoms. The zero-order valence-electron chi connectivity index (χ0n) is 10.3. The van der Waals surface area contributed by atoms with Gasteiger partial charge in [-0.25, -0.2) is 0 Å². The minimum absolute atomic E-state index is 0.0749. The smallest absolute Gasteiger partial charge is 0.316 e. The summed E-state index contributed by atoms with van der Waals surface area (Å²) in [6.45, 7) is 1.36. The molecular weight excluding hydrogens is 234 g/mol. The monoisotopic (exact) mass is 251 g/mol. The van der Waals surface area contributed by atoms with E-state index in [9.17, 15) is 4.79 Å². The van der Waals surface area contributed by atoms with Crippen LogP contribution in [0.15, 0.2) is 4.42 Å².